The number of nitrogen functional groups attached to an aromatic ring is 1. The number of aryl methyl sites for hydroxylation is 1. The fourth-order valence-electron chi connectivity index (χ4n) is 1.20. The maximum atomic E-state index is 10.5. The minimum Gasteiger partial charge on any atom is -0.872 e. The zero-order valence-electron chi connectivity index (χ0n) is 9.88. The number of H-pyrrole nitrogens is 1. The van der Waals surface area contributed by atoms with E-state index in [9.17, 15) is 9.90 Å². The molecule has 5 nitrogen and oxygen atoms in total. The minimum atomic E-state index is -1.01. The number of aromatic carboxylic acids is 1. The SMILES string of the molecule is Cc1cccc(N)[nH+]1.O=C(O)c1ccc([O-])cc1. The van der Waals surface area contributed by atoms with Crippen molar-refractivity contribution in [2.45, 2.75) is 6.92 Å². The van der Waals surface area contributed by atoms with Crippen molar-refractivity contribution in [3.05, 3.63) is 53.7 Å². The summed E-state index contributed by atoms with van der Waals surface area (Å²) in [5.74, 6) is -0.477. The van der Waals surface area contributed by atoms with Crippen LogP contribution in [0.2, 0.25) is 0 Å². The predicted molar refractivity (Wildman–Crippen MR) is 65.0 cm³/mol. The average molecular weight is 246 g/mol. The Labute approximate surface area is 105 Å². The van der Waals surface area contributed by atoms with Crippen molar-refractivity contribution in [1.29, 1.82) is 0 Å². The number of benzene rings is 1. The Kier molecular flexibility index (Phi) is 4.68. The van der Waals surface area contributed by atoms with Gasteiger partial charge in [-0.05, 0) is 25.1 Å². The van der Waals surface area contributed by atoms with Crippen LogP contribution >= 0.6 is 0 Å². The number of rotatable bonds is 1. The van der Waals surface area contributed by atoms with Crippen LogP contribution < -0.4 is 15.8 Å². The molecule has 2 rings (SSSR count). The molecule has 0 saturated carbocycles. The van der Waals surface area contributed by atoms with Gasteiger partial charge in [0.25, 0.3) is 5.82 Å². The van der Waals surface area contributed by atoms with Crippen molar-refractivity contribution in [2.75, 3.05) is 5.73 Å². The van der Waals surface area contributed by atoms with E-state index in [1.807, 2.05) is 25.1 Å². The minimum absolute atomic E-state index is 0.139. The fraction of sp³-hybridized carbons (Fsp3) is 0.0769. The van der Waals surface area contributed by atoms with Crippen LogP contribution in [0.15, 0.2) is 42.5 Å². The molecule has 0 aliphatic rings. The summed E-state index contributed by atoms with van der Waals surface area (Å²) in [6, 6.07) is 10.7. The fourth-order valence-corrected chi connectivity index (χ4v) is 1.20. The van der Waals surface area contributed by atoms with Crippen LogP contribution in [-0.2, 0) is 0 Å². The summed E-state index contributed by atoms with van der Waals surface area (Å²) >= 11 is 0. The monoisotopic (exact) mass is 246 g/mol. The number of nitrogens with one attached hydrogen (secondary N) is 1. The van der Waals surface area contributed by atoms with E-state index in [0.29, 0.717) is 5.82 Å². The van der Waals surface area contributed by atoms with Gasteiger partial charge in [0.2, 0.25) is 0 Å². The van der Waals surface area contributed by atoms with Crippen LogP contribution in [0.5, 0.6) is 5.75 Å². The first kappa shape index (κ1) is 13.5. The van der Waals surface area contributed by atoms with E-state index >= 15 is 0 Å². The number of nitrogens with two attached hydrogens (primary N) is 1. The maximum Gasteiger partial charge on any atom is 0.335 e. The third kappa shape index (κ3) is 4.52. The van der Waals surface area contributed by atoms with Crippen LogP contribution in [0.4, 0.5) is 5.82 Å². The molecule has 0 bridgehead atoms. The predicted octanol–water partition coefficient (Wildman–Crippen LogP) is 0.850. The Morgan fingerprint density at radius 3 is 2.22 bits per heavy atom. The highest BCUT2D eigenvalue weighted by Crippen LogP contribution is 2.05. The molecule has 0 atom stereocenters. The van der Waals surface area contributed by atoms with Crippen molar-refractivity contribution in [3.8, 4) is 5.75 Å². The Balaban J connectivity index is 0.000000184. The van der Waals surface area contributed by atoms with Gasteiger partial charge in [-0.3, -0.25) is 5.73 Å². The Morgan fingerprint density at radius 1 is 1.22 bits per heavy atom. The van der Waals surface area contributed by atoms with Crippen LogP contribution in [0.3, 0.4) is 0 Å². The van der Waals surface area contributed by atoms with E-state index in [-0.39, 0.29) is 11.3 Å². The van der Waals surface area contributed by atoms with Crippen molar-refractivity contribution >= 4 is 11.8 Å². The van der Waals surface area contributed by atoms with Crippen molar-refractivity contribution in [2.24, 2.45) is 0 Å². The number of carboxylic acid groups (broad SMARTS) is 1. The Hall–Kier alpha value is -2.56. The first-order valence-corrected chi connectivity index (χ1v) is 5.24. The third-order valence-electron chi connectivity index (χ3n) is 2.06. The number of carbonyl (C=O) groups is 1. The zero-order valence-corrected chi connectivity index (χ0v) is 9.88. The van der Waals surface area contributed by atoms with Gasteiger partial charge in [0.15, 0.2) is 0 Å². The summed E-state index contributed by atoms with van der Waals surface area (Å²) in [7, 11) is 0. The first-order chi connectivity index (χ1) is 8.49. The van der Waals surface area contributed by atoms with Gasteiger partial charge in [0.1, 0.15) is 0 Å². The highest BCUT2D eigenvalue weighted by atomic mass is 16.4. The maximum absolute atomic E-state index is 10.5. The van der Waals surface area contributed by atoms with Gasteiger partial charge in [-0.2, -0.15) is 0 Å². The topological polar surface area (TPSA) is 101 Å². The second kappa shape index (κ2) is 6.24. The standard InChI is InChI=1S/C7H6O3.C6H8N2/c8-6-3-1-5(2-4-6)7(9)10;1-5-3-2-4-6(7)8-5/h1-4,8H,(H,9,10);2-4H,1H3,(H2,7,8). The lowest BCUT2D eigenvalue weighted by Crippen LogP contribution is -2.12. The summed E-state index contributed by atoms with van der Waals surface area (Å²) < 4.78 is 0. The summed E-state index contributed by atoms with van der Waals surface area (Å²) in [6.45, 7) is 1.97. The first-order valence-electron chi connectivity index (χ1n) is 5.24. The van der Waals surface area contributed by atoms with E-state index in [1.165, 1.54) is 24.3 Å². The molecule has 4 N–H and O–H groups in total. The van der Waals surface area contributed by atoms with Crippen molar-refractivity contribution in [1.82, 2.24) is 0 Å². The zero-order chi connectivity index (χ0) is 13.5. The van der Waals surface area contributed by atoms with Crippen molar-refractivity contribution < 1.29 is 20.0 Å². The second-order valence-corrected chi connectivity index (χ2v) is 3.62. The van der Waals surface area contributed by atoms with Gasteiger partial charge in [-0.25, -0.2) is 9.78 Å². The van der Waals surface area contributed by atoms with Gasteiger partial charge in [-0.1, -0.05) is 18.2 Å². The third-order valence-corrected chi connectivity index (χ3v) is 2.06. The Bertz CT molecular complexity index is 507. The van der Waals surface area contributed by atoms with E-state index in [0.717, 1.165) is 5.69 Å². The smallest absolute Gasteiger partial charge is 0.335 e. The molecule has 0 fully saturated rings. The highest BCUT2D eigenvalue weighted by molar-refractivity contribution is 5.87. The average Bonchev–Trinajstić information content (AvgIpc) is 2.30. The lowest BCUT2D eigenvalue weighted by Gasteiger charge is -2.02. The summed E-state index contributed by atoms with van der Waals surface area (Å²) in [4.78, 5) is 13.2. The molecule has 0 saturated heterocycles. The summed E-state index contributed by atoms with van der Waals surface area (Å²) in [5.41, 5.74) is 6.63. The van der Waals surface area contributed by atoms with Crippen LogP contribution in [-0.4, -0.2) is 11.1 Å². The molecule has 0 aliphatic carbocycles. The molecule has 5 heteroatoms. The van der Waals surface area contributed by atoms with Gasteiger partial charge in [0.05, 0.1) is 11.3 Å². The number of carboxylic acids is 1. The molecule has 1 heterocycles. The van der Waals surface area contributed by atoms with Crippen molar-refractivity contribution in [3.63, 3.8) is 0 Å². The largest absolute Gasteiger partial charge is 0.872 e. The summed E-state index contributed by atoms with van der Waals surface area (Å²) in [6.07, 6.45) is 0. The molecule has 0 spiro atoms. The molecular weight excluding hydrogens is 232 g/mol. The van der Waals surface area contributed by atoms with E-state index in [1.54, 1.807) is 0 Å². The van der Waals surface area contributed by atoms with E-state index in [4.69, 9.17) is 10.8 Å². The number of hydrogen-bond acceptors (Lipinski definition) is 3. The van der Waals surface area contributed by atoms with E-state index < -0.39 is 5.97 Å². The molecule has 2 aromatic rings. The second-order valence-electron chi connectivity index (χ2n) is 3.62. The number of hydrogen-bond donors (Lipinski definition) is 2. The highest BCUT2D eigenvalue weighted by Gasteiger charge is 1.97. The molecular formula is C13H14N2O3. The molecule has 18 heavy (non-hydrogen) atoms. The molecule has 1 aromatic carbocycles. The van der Waals surface area contributed by atoms with Gasteiger partial charge in [-0.15, -0.1) is 5.75 Å². The number of aromatic amines is 1. The molecule has 0 amide bonds. The molecule has 94 valence electrons. The molecule has 0 aliphatic heterocycles. The van der Waals surface area contributed by atoms with Gasteiger partial charge >= 0.3 is 5.97 Å². The lowest BCUT2D eigenvalue weighted by atomic mass is 10.2. The quantitative estimate of drug-likeness (QED) is 0.778. The summed E-state index contributed by atoms with van der Waals surface area (Å²) in [5, 5.41) is 18.8. The number of pyridine rings is 1. The number of anilines is 1. The Morgan fingerprint density at radius 2 is 1.83 bits per heavy atom. The molecule has 0 radical (unpaired) electrons. The lowest BCUT2D eigenvalue weighted by molar-refractivity contribution is -0.370. The van der Waals surface area contributed by atoms with Crippen LogP contribution in [0.25, 0.3) is 0 Å². The normalized spacial score (nSPS) is 9.17. The molecule has 0 unspecified atom stereocenters. The van der Waals surface area contributed by atoms with Crippen LogP contribution in [0.1, 0.15) is 16.1 Å². The van der Waals surface area contributed by atoms with E-state index in [2.05, 4.69) is 4.98 Å². The van der Waals surface area contributed by atoms with Crippen LogP contribution in [0, 0.1) is 6.92 Å². The van der Waals surface area contributed by atoms with Gasteiger partial charge < -0.3 is 10.2 Å². The molecule has 1 aromatic heterocycles. The number of aromatic nitrogens is 1. The van der Waals surface area contributed by atoms with Gasteiger partial charge in [0, 0.05) is 6.07 Å².